The lowest BCUT2D eigenvalue weighted by Gasteiger charge is -2.42. The average molecular weight is 460 g/mol. The van der Waals surface area contributed by atoms with E-state index in [1.807, 2.05) is 37.6 Å². The molecule has 2 aromatic carbocycles. The SMILES string of the molecule is C=C1C=NN(c2ccc(F)cc2F)N=C1C(=O)N1Cc2ccccc2C(C)(c2cnn(C)c2)C1. The highest BCUT2D eigenvalue weighted by Crippen LogP contribution is 2.39. The largest absolute Gasteiger partial charge is 0.332 e. The number of benzene rings is 2. The van der Waals surface area contributed by atoms with E-state index in [4.69, 9.17) is 0 Å². The number of amides is 1. The highest BCUT2D eigenvalue weighted by Gasteiger charge is 2.41. The number of aromatic nitrogens is 2. The summed E-state index contributed by atoms with van der Waals surface area (Å²) >= 11 is 0. The van der Waals surface area contributed by atoms with Crippen LogP contribution >= 0.6 is 0 Å². The minimum Gasteiger partial charge on any atom is -0.332 e. The number of rotatable bonds is 3. The number of anilines is 1. The Morgan fingerprint density at radius 1 is 1.18 bits per heavy atom. The minimum atomic E-state index is -0.837. The Balaban J connectivity index is 1.51. The molecule has 2 aliphatic heterocycles. The fourth-order valence-corrected chi connectivity index (χ4v) is 4.48. The number of hydrazone groups is 2. The van der Waals surface area contributed by atoms with Crippen molar-refractivity contribution in [2.24, 2.45) is 17.3 Å². The molecule has 0 aliphatic carbocycles. The summed E-state index contributed by atoms with van der Waals surface area (Å²) in [5, 5.41) is 13.6. The molecule has 0 N–H and O–H groups in total. The van der Waals surface area contributed by atoms with Crippen LogP contribution in [-0.2, 0) is 23.8 Å². The monoisotopic (exact) mass is 460 g/mol. The molecule has 0 radical (unpaired) electrons. The lowest BCUT2D eigenvalue weighted by molar-refractivity contribution is -0.125. The summed E-state index contributed by atoms with van der Waals surface area (Å²) in [6.07, 6.45) is 5.11. The lowest BCUT2D eigenvalue weighted by atomic mass is 9.72. The first kappa shape index (κ1) is 21.7. The fourth-order valence-electron chi connectivity index (χ4n) is 4.48. The quantitative estimate of drug-likeness (QED) is 0.598. The van der Waals surface area contributed by atoms with Gasteiger partial charge in [0.15, 0.2) is 11.5 Å². The standard InChI is InChI=1S/C25H22F2N6O/c1-16-11-29-33(22-9-8-19(26)10-21(22)27)30-23(16)24(34)32-13-17-6-4-5-7-20(17)25(2,15-32)18-12-28-31(3)14-18/h4-12,14H,1,13,15H2,2-3H3. The molecule has 0 spiro atoms. The smallest absolute Gasteiger partial charge is 0.275 e. The van der Waals surface area contributed by atoms with Gasteiger partial charge in [0.25, 0.3) is 5.91 Å². The summed E-state index contributed by atoms with van der Waals surface area (Å²) < 4.78 is 29.4. The number of hydrogen-bond acceptors (Lipinski definition) is 5. The molecule has 2 aliphatic rings. The average Bonchev–Trinajstić information content (AvgIpc) is 3.26. The third-order valence-corrected chi connectivity index (χ3v) is 6.26. The van der Waals surface area contributed by atoms with Gasteiger partial charge < -0.3 is 4.90 Å². The van der Waals surface area contributed by atoms with Crippen molar-refractivity contribution in [1.29, 1.82) is 0 Å². The molecule has 34 heavy (non-hydrogen) atoms. The van der Waals surface area contributed by atoms with Gasteiger partial charge in [0.1, 0.15) is 11.5 Å². The molecule has 7 nitrogen and oxygen atoms in total. The Labute approximate surface area is 195 Å². The molecule has 5 rings (SSSR count). The van der Waals surface area contributed by atoms with Crippen LogP contribution in [0.15, 0.2) is 77.2 Å². The van der Waals surface area contributed by atoms with E-state index in [0.717, 1.165) is 33.9 Å². The van der Waals surface area contributed by atoms with Crippen LogP contribution < -0.4 is 5.12 Å². The molecule has 1 unspecified atom stereocenters. The number of fused-ring (bicyclic) bond motifs is 1. The van der Waals surface area contributed by atoms with E-state index in [2.05, 4.69) is 34.9 Å². The number of nitrogens with zero attached hydrogens (tertiary/aromatic N) is 6. The molecule has 0 bridgehead atoms. The van der Waals surface area contributed by atoms with Crippen molar-refractivity contribution in [3.63, 3.8) is 0 Å². The molecular weight excluding hydrogens is 438 g/mol. The fraction of sp³-hybridized carbons (Fsp3) is 0.200. The first-order valence-electron chi connectivity index (χ1n) is 10.7. The van der Waals surface area contributed by atoms with Gasteiger partial charge >= 0.3 is 0 Å². The number of hydrogen-bond donors (Lipinski definition) is 0. The number of carbonyl (C=O) groups is 1. The number of halogens is 2. The number of carbonyl (C=O) groups excluding carboxylic acids is 1. The molecule has 1 aromatic heterocycles. The van der Waals surface area contributed by atoms with Crippen LogP contribution in [0.25, 0.3) is 0 Å². The number of aryl methyl sites for hydroxylation is 1. The van der Waals surface area contributed by atoms with Gasteiger partial charge in [-0.25, -0.2) is 8.78 Å². The van der Waals surface area contributed by atoms with Crippen LogP contribution in [-0.4, -0.2) is 39.1 Å². The van der Waals surface area contributed by atoms with Crippen LogP contribution in [0.2, 0.25) is 0 Å². The van der Waals surface area contributed by atoms with E-state index in [1.54, 1.807) is 9.58 Å². The second kappa shape index (κ2) is 8.02. The van der Waals surface area contributed by atoms with E-state index in [1.165, 1.54) is 12.3 Å². The molecule has 1 atom stereocenters. The van der Waals surface area contributed by atoms with Crippen molar-refractivity contribution in [2.75, 3.05) is 11.7 Å². The van der Waals surface area contributed by atoms with Gasteiger partial charge in [-0.3, -0.25) is 9.48 Å². The normalized spacial score (nSPS) is 19.8. The van der Waals surface area contributed by atoms with Gasteiger partial charge in [-0.15, -0.1) is 10.2 Å². The zero-order chi connectivity index (χ0) is 24.0. The van der Waals surface area contributed by atoms with Crippen molar-refractivity contribution in [1.82, 2.24) is 14.7 Å². The molecule has 0 fully saturated rings. The second-order valence-electron chi connectivity index (χ2n) is 8.66. The zero-order valence-electron chi connectivity index (χ0n) is 18.7. The van der Waals surface area contributed by atoms with Gasteiger partial charge in [-0.1, -0.05) is 30.8 Å². The summed E-state index contributed by atoms with van der Waals surface area (Å²) in [5.74, 6) is -1.90. The van der Waals surface area contributed by atoms with Crippen molar-refractivity contribution in [2.45, 2.75) is 18.9 Å². The predicted octanol–water partition coefficient (Wildman–Crippen LogP) is 3.76. The van der Waals surface area contributed by atoms with Crippen LogP contribution in [0, 0.1) is 11.6 Å². The maximum absolute atomic E-state index is 14.3. The van der Waals surface area contributed by atoms with Crippen LogP contribution in [0.5, 0.6) is 0 Å². The molecule has 3 heterocycles. The minimum absolute atomic E-state index is 0.0478. The van der Waals surface area contributed by atoms with E-state index < -0.39 is 17.0 Å². The third-order valence-electron chi connectivity index (χ3n) is 6.26. The van der Waals surface area contributed by atoms with Gasteiger partial charge in [0.2, 0.25) is 0 Å². The maximum Gasteiger partial charge on any atom is 0.275 e. The third kappa shape index (κ3) is 3.59. The van der Waals surface area contributed by atoms with Crippen molar-refractivity contribution in [3.8, 4) is 0 Å². The first-order chi connectivity index (χ1) is 16.3. The Morgan fingerprint density at radius 3 is 2.71 bits per heavy atom. The summed E-state index contributed by atoms with van der Waals surface area (Å²) in [5.41, 5.74) is 2.93. The molecule has 172 valence electrons. The van der Waals surface area contributed by atoms with Gasteiger partial charge in [-0.2, -0.15) is 10.2 Å². The van der Waals surface area contributed by atoms with Crippen LogP contribution in [0.4, 0.5) is 14.5 Å². The summed E-state index contributed by atoms with van der Waals surface area (Å²) in [7, 11) is 1.85. The van der Waals surface area contributed by atoms with Gasteiger partial charge in [-0.05, 0) is 30.2 Å². The van der Waals surface area contributed by atoms with E-state index in [0.29, 0.717) is 18.7 Å². The van der Waals surface area contributed by atoms with E-state index in [9.17, 15) is 13.6 Å². The highest BCUT2D eigenvalue weighted by molar-refractivity contribution is 6.50. The van der Waals surface area contributed by atoms with Crippen LogP contribution in [0.3, 0.4) is 0 Å². The van der Waals surface area contributed by atoms with E-state index >= 15 is 0 Å². The van der Waals surface area contributed by atoms with Crippen LogP contribution in [0.1, 0.15) is 23.6 Å². The highest BCUT2D eigenvalue weighted by atomic mass is 19.1. The molecular formula is C25H22F2N6O. The Kier molecular flexibility index (Phi) is 5.11. The molecule has 3 aromatic rings. The zero-order valence-corrected chi connectivity index (χ0v) is 18.7. The first-order valence-corrected chi connectivity index (χ1v) is 10.7. The predicted molar refractivity (Wildman–Crippen MR) is 125 cm³/mol. The molecule has 9 heteroatoms. The summed E-state index contributed by atoms with van der Waals surface area (Å²) in [6.45, 7) is 6.76. The summed E-state index contributed by atoms with van der Waals surface area (Å²) in [6, 6.07) is 11.1. The topological polar surface area (TPSA) is 66.1 Å². The van der Waals surface area contributed by atoms with E-state index in [-0.39, 0.29) is 17.3 Å². The maximum atomic E-state index is 14.3. The van der Waals surface area contributed by atoms with Gasteiger partial charge in [0.05, 0.1) is 12.4 Å². The summed E-state index contributed by atoms with van der Waals surface area (Å²) in [4.78, 5) is 15.4. The Morgan fingerprint density at radius 2 is 1.97 bits per heavy atom. The molecule has 0 saturated carbocycles. The van der Waals surface area contributed by atoms with Crippen molar-refractivity contribution >= 4 is 23.5 Å². The molecule has 0 saturated heterocycles. The second-order valence-corrected chi connectivity index (χ2v) is 8.66. The van der Waals surface area contributed by atoms with Crippen molar-refractivity contribution in [3.05, 3.63) is 95.3 Å². The van der Waals surface area contributed by atoms with Crippen molar-refractivity contribution < 1.29 is 13.6 Å². The van der Waals surface area contributed by atoms with Gasteiger partial charge in [0, 0.05) is 49.0 Å². The Bertz CT molecular complexity index is 1380. The molecule has 1 amide bonds. The lowest BCUT2D eigenvalue weighted by Crippen LogP contribution is -2.49. The Hall–Kier alpha value is -4.14.